The molecule has 1 heterocycles. The largest absolute Gasteiger partial charge is 0.497 e. The van der Waals surface area contributed by atoms with Gasteiger partial charge in [-0.2, -0.15) is 0 Å². The quantitative estimate of drug-likeness (QED) is 0.229. The number of ether oxygens (including phenoxy) is 2. The second kappa shape index (κ2) is 12.2. The van der Waals surface area contributed by atoms with Gasteiger partial charge in [0.15, 0.2) is 5.78 Å². The summed E-state index contributed by atoms with van der Waals surface area (Å²) < 4.78 is 26.2. The molecule has 1 saturated heterocycles. The van der Waals surface area contributed by atoms with Crippen molar-refractivity contribution in [1.29, 1.82) is 0 Å². The maximum absolute atomic E-state index is 14.8. The lowest BCUT2D eigenvalue weighted by atomic mass is 9.89. The van der Waals surface area contributed by atoms with Gasteiger partial charge in [-0.15, -0.1) is 0 Å². The number of methoxy groups -OCH3 is 1. The maximum Gasteiger partial charge on any atom is 0.194 e. The van der Waals surface area contributed by atoms with E-state index in [4.69, 9.17) is 9.47 Å². The van der Waals surface area contributed by atoms with E-state index in [1.165, 1.54) is 38.2 Å². The number of carbonyl (C=O) groups excluding carboxylic acids is 1. The standard InChI is InChI=1S/C33H34FNO3/c1-37-27-16-18-28-25(23-27)13-17-30(29-9-5-6-10-31(29)34)32(28)33(36)24-11-14-26(15-12-24)38-22-21-35-19-7-3-2-4-8-20-35/h5-6,9-18,23H,2-4,7-8,19-22H2,1H3. The lowest BCUT2D eigenvalue weighted by molar-refractivity contribution is 0.104. The molecule has 4 aromatic carbocycles. The number of hydrogen-bond donors (Lipinski definition) is 0. The first-order valence-electron chi connectivity index (χ1n) is 13.5. The maximum atomic E-state index is 14.8. The van der Waals surface area contributed by atoms with Crippen LogP contribution in [0.5, 0.6) is 11.5 Å². The molecule has 0 bridgehead atoms. The summed E-state index contributed by atoms with van der Waals surface area (Å²) in [6, 6.07) is 23.1. The van der Waals surface area contributed by atoms with Crippen molar-refractivity contribution >= 4 is 16.6 Å². The molecule has 1 aliphatic heterocycles. The van der Waals surface area contributed by atoms with Gasteiger partial charge in [-0.3, -0.25) is 9.69 Å². The fraction of sp³-hybridized carbons (Fsp3) is 0.303. The minimum Gasteiger partial charge on any atom is -0.497 e. The zero-order valence-electron chi connectivity index (χ0n) is 21.9. The number of carbonyl (C=O) groups is 1. The number of nitrogens with zero attached hydrogens (tertiary/aromatic N) is 1. The monoisotopic (exact) mass is 511 g/mol. The van der Waals surface area contributed by atoms with Gasteiger partial charge < -0.3 is 9.47 Å². The highest BCUT2D eigenvalue weighted by Crippen LogP contribution is 2.35. The van der Waals surface area contributed by atoms with Crippen molar-refractivity contribution in [1.82, 2.24) is 4.90 Å². The number of rotatable bonds is 8. The zero-order valence-corrected chi connectivity index (χ0v) is 21.9. The summed E-state index contributed by atoms with van der Waals surface area (Å²) in [5.41, 5.74) is 1.97. The van der Waals surface area contributed by atoms with E-state index in [9.17, 15) is 9.18 Å². The van der Waals surface area contributed by atoms with Gasteiger partial charge in [0.25, 0.3) is 0 Å². The molecule has 0 saturated carbocycles. The van der Waals surface area contributed by atoms with Crippen LogP contribution in [0.1, 0.15) is 48.0 Å². The van der Waals surface area contributed by atoms with E-state index in [-0.39, 0.29) is 11.6 Å². The summed E-state index contributed by atoms with van der Waals surface area (Å²) in [7, 11) is 1.61. The summed E-state index contributed by atoms with van der Waals surface area (Å²) in [6.45, 7) is 3.80. The van der Waals surface area contributed by atoms with Crippen LogP contribution >= 0.6 is 0 Å². The van der Waals surface area contributed by atoms with E-state index in [0.29, 0.717) is 34.6 Å². The molecular weight excluding hydrogens is 477 g/mol. The van der Waals surface area contributed by atoms with Crippen LogP contribution in [0.25, 0.3) is 21.9 Å². The summed E-state index contributed by atoms with van der Waals surface area (Å²) in [5.74, 6) is 0.918. The van der Waals surface area contributed by atoms with Crippen LogP contribution in [0.4, 0.5) is 4.39 Å². The SMILES string of the molecule is COc1ccc2c(C(=O)c3ccc(OCCN4CCCCCCC4)cc3)c(-c3ccccc3F)ccc2c1. The van der Waals surface area contributed by atoms with Crippen LogP contribution in [0.2, 0.25) is 0 Å². The van der Waals surface area contributed by atoms with Crippen molar-refractivity contribution in [2.45, 2.75) is 32.1 Å². The summed E-state index contributed by atoms with van der Waals surface area (Å²) in [5, 5.41) is 1.61. The van der Waals surface area contributed by atoms with Crippen LogP contribution in [-0.4, -0.2) is 44.0 Å². The van der Waals surface area contributed by atoms with Gasteiger partial charge in [0.2, 0.25) is 0 Å². The number of likely N-dealkylation sites (tertiary alicyclic amines) is 1. The highest BCUT2D eigenvalue weighted by molar-refractivity contribution is 6.20. The van der Waals surface area contributed by atoms with Crippen LogP contribution in [0.3, 0.4) is 0 Å². The Hall–Kier alpha value is -3.70. The number of halogens is 1. The Morgan fingerprint density at radius 1 is 0.816 bits per heavy atom. The van der Waals surface area contributed by atoms with Gasteiger partial charge in [-0.1, -0.05) is 49.6 Å². The van der Waals surface area contributed by atoms with Crippen molar-refractivity contribution in [3.05, 3.63) is 95.8 Å². The normalized spacial score (nSPS) is 14.6. The van der Waals surface area contributed by atoms with Crippen molar-refractivity contribution in [2.24, 2.45) is 0 Å². The van der Waals surface area contributed by atoms with E-state index >= 15 is 0 Å². The second-order valence-electron chi connectivity index (χ2n) is 9.87. The molecule has 0 unspecified atom stereocenters. The molecule has 4 nitrogen and oxygen atoms in total. The average molecular weight is 512 g/mol. The predicted molar refractivity (Wildman–Crippen MR) is 151 cm³/mol. The third-order valence-corrected chi connectivity index (χ3v) is 7.36. The lowest BCUT2D eigenvalue weighted by Gasteiger charge is -2.24. The smallest absolute Gasteiger partial charge is 0.194 e. The van der Waals surface area contributed by atoms with Gasteiger partial charge in [-0.05, 0) is 90.8 Å². The molecular formula is C33H34FNO3. The molecule has 0 aromatic heterocycles. The molecule has 196 valence electrons. The second-order valence-corrected chi connectivity index (χ2v) is 9.87. The highest BCUT2D eigenvalue weighted by atomic mass is 19.1. The molecule has 0 atom stereocenters. The van der Waals surface area contributed by atoms with E-state index < -0.39 is 0 Å². The number of fused-ring (bicyclic) bond motifs is 1. The van der Waals surface area contributed by atoms with Crippen molar-refractivity contribution in [3.8, 4) is 22.6 Å². The molecule has 1 aliphatic rings. The third kappa shape index (κ3) is 5.89. The fourth-order valence-electron chi connectivity index (χ4n) is 5.26. The van der Waals surface area contributed by atoms with E-state index in [1.807, 2.05) is 42.5 Å². The molecule has 5 rings (SSSR count). The van der Waals surface area contributed by atoms with Crippen LogP contribution in [0, 0.1) is 5.82 Å². The average Bonchev–Trinajstić information content (AvgIpc) is 2.93. The third-order valence-electron chi connectivity index (χ3n) is 7.36. The van der Waals surface area contributed by atoms with Crippen molar-refractivity contribution < 1.29 is 18.7 Å². The number of hydrogen-bond acceptors (Lipinski definition) is 4. The Bertz CT molecular complexity index is 1390. The minimum atomic E-state index is -0.363. The molecule has 38 heavy (non-hydrogen) atoms. The lowest BCUT2D eigenvalue weighted by Crippen LogP contribution is -2.31. The molecule has 1 fully saturated rings. The van der Waals surface area contributed by atoms with Gasteiger partial charge in [0.05, 0.1) is 7.11 Å². The van der Waals surface area contributed by atoms with E-state index in [1.54, 1.807) is 37.4 Å². The molecule has 4 aromatic rings. The minimum absolute atomic E-state index is 0.161. The van der Waals surface area contributed by atoms with Crippen LogP contribution < -0.4 is 9.47 Å². The Kier molecular flexibility index (Phi) is 8.34. The Labute approximate surface area is 224 Å². The number of ketones is 1. The molecule has 0 radical (unpaired) electrons. The summed E-state index contributed by atoms with van der Waals surface area (Å²) in [4.78, 5) is 16.4. The Morgan fingerprint density at radius 2 is 1.53 bits per heavy atom. The fourth-order valence-corrected chi connectivity index (χ4v) is 5.26. The van der Waals surface area contributed by atoms with Crippen LogP contribution in [0.15, 0.2) is 78.9 Å². The summed E-state index contributed by atoms with van der Waals surface area (Å²) in [6.07, 6.45) is 6.49. The first-order valence-corrected chi connectivity index (χ1v) is 13.5. The van der Waals surface area contributed by atoms with Gasteiger partial charge in [-0.25, -0.2) is 4.39 Å². The van der Waals surface area contributed by atoms with Gasteiger partial charge in [0.1, 0.15) is 23.9 Å². The van der Waals surface area contributed by atoms with Crippen molar-refractivity contribution in [2.75, 3.05) is 33.4 Å². The topological polar surface area (TPSA) is 38.8 Å². The first-order chi connectivity index (χ1) is 18.6. The van der Waals surface area contributed by atoms with Crippen LogP contribution in [-0.2, 0) is 0 Å². The highest BCUT2D eigenvalue weighted by Gasteiger charge is 2.20. The van der Waals surface area contributed by atoms with Gasteiger partial charge >= 0.3 is 0 Å². The Morgan fingerprint density at radius 3 is 2.26 bits per heavy atom. The molecule has 5 heteroatoms. The zero-order chi connectivity index (χ0) is 26.3. The summed E-state index contributed by atoms with van der Waals surface area (Å²) >= 11 is 0. The first kappa shape index (κ1) is 25.9. The van der Waals surface area contributed by atoms with Crippen molar-refractivity contribution in [3.63, 3.8) is 0 Å². The number of benzene rings is 4. The Balaban J connectivity index is 1.39. The molecule has 0 N–H and O–H groups in total. The molecule has 0 aliphatic carbocycles. The van der Waals surface area contributed by atoms with E-state index in [0.717, 1.165) is 36.2 Å². The molecule has 0 amide bonds. The van der Waals surface area contributed by atoms with Gasteiger partial charge in [0, 0.05) is 23.2 Å². The predicted octanol–water partition coefficient (Wildman–Crippen LogP) is 7.53. The van der Waals surface area contributed by atoms with E-state index in [2.05, 4.69) is 4.90 Å². The molecule has 0 spiro atoms.